The van der Waals surface area contributed by atoms with Crippen LogP contribution in [0.15, 0.2) is 24.3 Å². The standard InChI is InChI=1S/C10H12O3/c11-8-3-1-7(2-4-8)10-9(12)5-6-13-10/h1-4,9-12H,5-6H2. The van der Waals surface area contributed by atoms with Crippen molar-refractivity contribution in [2.75, 3.05) is 6.61 Å². The van der Waals surface area contributed by atoms with Crippen LogP contribution >= 0.6 is 0 Å². The van der Waals surface area contributed by atoms with Gasteiger partial charge in [0, 0.05) is 0 Å². The molecule has 2 atom stereocenters. The van der Waals surface area contributed by atoms with Crippen molar-refractivity contribution < 1.29 is 14.9 Å². The van der Waals surface area contributed by atoms with Gasteiger partial charge in [0.1, 0.15) is 11.9 Å². The van der Waals surface area contributed by atoms with Gasteiger partial charge in [0.25, 0.3) is 0 Å². The van der Waals surface area contributed by atoms with Crippen LogP contribution in [0.1, 0.15) is 18.1 Å². The predicted molar refractivity (Wildman–Crippen MR) is 47.4 cm³/mol. The van der Waals surface area contributed by atoms with E-state index in [0.29, 0.717) is 13.0 Å². The molecule has 0 radical (unpaired) electrons. The summed E-state index contributed by atoms with van der Waals surface area (Å²) in [5.74, 6) is 0.233. The van der Waals surface area contributed by atoms with Crippen molar-refractivity contribution in [3.63, 3.8) is 0 Å². The maximum atomic E-state index is 9.52. The number of benzene rings is 1. The number of ether oxygens (including phenoxy) is 1. The molecule has 2 rings (SSSR count). The van der Waals surface area contributed by atoms with Crippen LogP contribution < -0.4 is 0 Å². The SMILES string of the molecule is Oc1ccc(C2OCCC2O)cc1. The quantitative estimate of drug-likeness (QED) is 0.683. The minimum atomic E-state index is -0.412. The summed E-state index contributed by atoms with van der Waals surface area (Å²) in [5, 5.41) is 18.6. The van der Waals surface area contributed by atoms with Gasteiger partial charge in [-0.05, 0) is 24.1 Å². The summed E-state index contributed by atoms with van der Waals surface area (Å²) in [5.41, 5.74) is 0.919. The molecule has 13 heavy (non-hydrogen) atoms. The number of aliphatic hydroxyl groups excluding tert-OH is 1. The van der Waals surface area contributed by atoms with Crippen molar-refractivity contribution >= 4 is 0 Å². The van der Waals surface area contributed by atoms with E-state index in [1.807, 2.05) is 0 Å². The van der Waals surface area contributed by atoms with Crippen LogP contribution in [0.4, 0.5) is 0 Å². The zero-order valence-corrected chi connectivity index (χ0v) is 7.18. The van der Waals surface area contributed by atoms with E-state index >= 15 is 0 Å². The third-order valence-electron chi connectivity index (χ3n) is 2.28. The monoisotopic (exact) mass is 180 g/mol. The molecule has 2 N–H and O–H groups in total. The summed E-state index contributed by atoms with van der Waals surface area (Å²) >= 11 is 0. The van der Waals surface area contributed by atoms with E-state index in [1.165, 1.54) is 0 Å². The Balaban J connectivity index is 2.20. The molecule has 1 aromatic carbocycles. The maximum Gasteiger partial charge on any atom is 0.115 e. The minimum Gasteiger partial charge on any atom is -0.508 e. The van der Waals surface area contributed by atoms with Crippen molar-refractivity contribution in [1.82, 2.24) is 0 Å². The van der Waals surface area contributed by atoms with Gasteiger partial charge in [-0.2, -0.15) is 0 Å². The van der Waals surface area contributed by atoms with Crippen LogP contribution in [0, 0.1) is 0 Å². The van der Waals surface area contributed by atoms with Gasteiger partial charge in [0.15, 0.2) is 0 Å². The summed E-state index contributed by atoms with van der Waals surface area (Å²) in [6, 6.07) is 6.75. The highest BCUT2D eigenvalue weighted by molar-refractivity contribution is 5.28. The van der Waals surface area contributed by atoms with Gasteiger partial charge in [0.2, 0.25) is 0 Å². The first-order valence-electron chi connectivity index (χ1n) is 4.36. The van der Waals surface area contributed by atoms with Gasteiger partial charge in [-0.3, -0.25) is 0 Å². The lowest BCUT2D eigenvalue weighted by Gasteiger charge is -2.13. The van der Waals surface area contributed by atoms with Crippen molar-refractivity contribution in [2.24, 2.45) is 0 Å². The number of aliphatic hydroxyl groups is 1. The lowest BCUT2D eigenvalue weighted by Crippen LogP contribution is -2.11. The molecule has 1 saturated heterocycles. The molecule has 3 nitrogen and oxygen atoms in total. The molecule has 1 fully saturated rings. The van der Waals surface area contributed by atoms with E-state index < -0.39 is 6.10 Å². The normalized spacial score (nSPS) is 27.8. The van der Waals surface area contributed by atoms with E-state index in [2.05, 4.69) is 0 Å². The van der Waals surface area contributed by atoms with Gasteiger partial charge in [-0.1, -0.05) is 12.1 Å². The van der Waals surface area contributed by atoms with Crippen LogP contribution in [0.25, 0.3) is 0 Å². The smallest absolute Gasteiger partial charge is 0.115 e. The minimum absolute atomic E-state index is 0.222. The van der Waals surface area contributed by atoms with Crippen molar-refractivity contribution in [3.8, 4) is 5.75 Å². The number of hydrogen-bond acceptors (Lipinski definition) is 3. The molecule has 0 bridgehead atoms. The average molecular weight is 180 g/mol. The van der Waals surface area contributed by atoms with E-state index in [-0.39, 0.29) is 11.9 Å². The number of rotatable bonds is 1. The molecule has 2 unspecified atom stereocenters. The summed E-state index contributed by atoms with van der Waals surface area (Å²) in [7, 11) is 0. The lowest BCUT2D eigenvalue weighted by molar-refractivity contribution is 0.0417. The predicted octanol–water partition coefficient (Wildman–Crippen LogP) is 1.21. The fraction of sp³-hybridized carbons (Fsp3) is 0.400. The zero-order valence-electron chi connectivity index (χ0n) is 7.18. The second-order valence-electron chi connectivity index (χ2n) is 3.24. The number of phenols is 1. The highest BCUT2D eigenvalue weighted by atomic mass is 16.5. The van der Waals surface area contributed by atoms with Crippen LogP contribution in [-0.2, 0) is 4.74 Å². The van der Waals surface area contributed by atoms with Gasteiger partial charge in [-0.15, -0.1) is 0 Å². The Morgan fingerprint density at radius 3 is 2.46 bits per heavy atom. The molecule has 0 aromatic heterocycles. The summed E-state index contributed by atoms with van der Waals surface area (Å²) < 4.78 is 5.36. The molecule has 1 aliphatic heterocycles. The Kier molecular flexibility index (Phi) is 2.20. The summed E-state index contributed by atoms with van der Waals surface area (Å²) in [6.07, 6.45) is 0.0519. The van der Waals surface area contributed by atoms with E-state index in [4.69, 9.17) is 9.84 Å². The van der Waals surface area contributed by atoms with Crippen LogP contribution in [0.3, 0.4) is 0 Å². The average Bonchev–Trinajstić information content (AvgIpc) is 2.53. The fourth-order valence-corrected chi connectivity index (χ4v) is 1.56. The van der Waals surface area contributed by atoms with Crippen LogP contribution in [0.5, 0.6) is 5.75 Å². The first-order chi connectivity index (χ1) is 6.27. The number of hydrogen-bond donors (Lipinski definition) is 2. The Morgan fingerprint density at radius 1 is 1.23 bits per heavy atom. The van der Waals surface area contributed by atoms with Gasteiger partial charge >= 0.3 is 0 Å². The molecule has 0 amide bonds. The Hall–Kier alpha value is -1.06. The molecule has 0 saturated carbocycles. The van der Waals surface area contributed by atoms with Crippen molar-refractivity contribution in [1.29, 1.82) is 0 Å². The van der Waals surface area contributed by atoms with Crippen LogP contribution in [-0.4, -0.2) is 22.9 Å². The molecule has 1 heterocycles. The third kappa shape index (κ3) is 1.66. The molecule has 0 aliphatic carbocycles. The molecular weight excluding hydrogens is 168 g/mol. The molecular formula is C10H12O3. The van der Waals surface area contributed by atoms with Gasteiger partial charge in [-0.25, -0.2) is 0 Å². The first kappa shape index (κ1) is 8.53. The molecule has 3 heteroatoms. The molecule has 1 aliphatic rings. The second kappa shape index (κ2) is 3.36. The first-order valence-corrected chi connectivity index (χ1v) is 4.36. The van der Waals surface area contributed by atoms with Crippen molar-refractivity contribution in [3.05, 3.63) is 29.8 Å². The van der Waals surface area contributed by atoms with E-state index in [0.717, 1.165) is 5.56 Å². The topological polar surface area (TPSA) is 49.7 Å². The van der Waals surface area contributed by atoms with E-state index in [9.17, 15) is 5.11 Å². The highest BCUT2D eigenvalue weighted by Crippen LogP contribution is 2.29. The Labute approximate surface area is 76.6 Å². The summed E-state index contributed by atoms with van der Waals surface area (Å²) in [4.78, 5) is 0. The molecule has 0 spiro atoms. The van der Waals surface area contributed by atoms with Gasteiger partial charge < -0.3 is 14.9 Å². The largest absolute Gasteiger partial charge is 0.508 e. The Morgan fingerprint density at radius 2 is 1.92 bits per heavy atom. The molecule has 70 valence electrons. The Bertz CT molecular complexity index is 281. The molecule has 1 aromatic rings. The van der Waals surface area contributed by atoms with Crippen LogP contribution in [0.2, 0.25) is 0 Å². The second-order valence-corrected chi connectivity index (χ2v) is 3.24. The number of aromatic hydroxyl groups is 1. The highest BCUT2D eigenvalue weighted by Gasteiger charge is 2.27. The third-order valence-corrected chi connectivity index (χ3v) is 2.28. The number of phenolic OH excluding ortho intramolecular Hbond substituents is 1. The van der Waals surface area contributed by atoms with Gasteiger partial charge in [0.05, 0.1) is 12.7 Å². The van der Waals surface area contributed by atoms with Crippen molar-refractivity contribution in [2.45, 2.75) is 18.6 Å². The lowest BCUT2D eigenvalue weighted by atomic mass is 10.0. The maximum absolute atomic E-state index is 9.52. The summed E-state index contributed by atoms with van der Waals surface area (Å²) in [6.45, 7) is 0.604. The fourth-order valence-electron chi connectivity index (χ4n) is 1.56. The zero-order chi connectivity index (χ0) is 9.26. The van der Waals surface area contributed by atoms with E-state index in [1.54, 1.807) is 24.3 Å².